The quantitative estimate of drug-likeness (QED) is 0.446. The topological polar surface area (TPSA) is 55.3 Å². The van der Waals surface area contributed by atoms with Crippen molar-refractivity contribution in [1.29, 1.82) is 0 Å². The van der Waals surface area contributed by atoms with Gasteiger partial charge in [-0.15, -0.1) is 0 Å². The van der Waals surface area contributed by atoms with Gasteiger partial charge >= 0.3 is 5.97 Å². The van der Waals surface area contributed by atoms with E-state index < -0.39 is 29.8 Å². The van der Waals surface area contributed by atoms with Gasteiger partial charge in [-0.25, -0.2) is 22.7 Å². The van der Waals surface area contributed by atoms with E-state index in [9.17, 15) is 18.7 Å². The van der Waals surface area contributed by atoms with E-state index in [1.165, 1.54) is 0 Å². The zero-order valence-electron chi connectivity index (χ0n) is 19.3. The van der Waals surface area contributed by atoms with Gasteiger partial charge in [0.15, 0.2) is 5.60 Å². The molecule has 0 aliphatic heterocycles. The lowest BCUT2D eigenvalue weighted by atomic mass is 9.72. The highest BCUT2D eigenvalue weighted by atomic mass is 19.3. The van der Waals surface area contributed by atoms with Crippen molar-refractivity contribution in [3.05, 3.63) is 54.1 Å². The lowest BCUT2D eigenvalue weighted by molar-refractivity contribution is -0.703. The van der Waals surface area contributed by atoms with Crippen LogP contribution in [0.5, 0.6) is 0 Å². The maximum absolute atomic E-state index is 14.1. The molecular formula is C25H35F2N2O3+. The van der Waals surface area contributed by atoms with E-state index in [4.69, 9.17) is 4.74 Å². The number of esters is 1. The Hall–Kier alpha value is -2.28. The molecule has 1 aromatic heterocycles. The largest absolute Gasteiger partial charge is 0.459 e. The summed E-state index contributed by atoms with van der Waals surface area (Å²) < 4.78 is 38.0. The van der Waals surface area contributed by atoms with Crippen molar-refractivity contribution in [1.82, 2.24) is 4.57 Å². The number of nitrogens with zero attached hydrogens (tertiary/aromatic N) is 2. The number of aliphatic hydroxyl groups is 1. The molecule has 1 heterocycles. The number of alkyl halides is 2. The number of aromatic nitrogens is 2. The van der Waals surface area contributed by atoms with Crippen molar-refractivity contribution in [2.75, 3.05) is 6.61 Å². The Morgan fingerprint density at radius 3 is 2.62 bits per heavy atom. The number of halogens is 2. The molecule has 0 amide bonds. The molecule has 1 fully saturated rings. The van der Waals surface area contributed by atoms with Gasteiger partial charge in [-0.1, -0.05) is 44.2 Å². The molecule has 1 aliphatic rings. The summed E-state index contributed by atoms with van der Waals surface area (Å²) in [5.74, 6) is -3.59. The Bertz CT molecular complexity index is 896. The highest BCUT2D eigenvalue weighted by Gasteiger charge is 2.52. The van der Waals surface area contributed by atoms with Crippen LogP contribution in [-0.2, 0) is 21.7 Å². The molecule has 0 saturated heterocycles. The van der Waals surface area contributed by atoms with Crippen LogP contribution in [0.15, 0.2) is 42.7 Å². The number of rotatable bonds is 9. The van der Waals surface area contributed by atoms with E-state index in [-0.39, 0.29) is 19.4 Å². The summed E-state index contributed by atoms with van der Waals surface area (Å²) in [5.41, 5.74) is -1.79. The number of carbonyl (C=O) groups is 1. The normalized spacial score (nSPS) is 20.2. The third-order valence-corrected chi connectivity index (χ3v) is 6.85. The van der Waals surface area contributed by atoms with Crippen molar-refractivity contribution in [2.24, 2.45) is 5.92 Å². The van der Waals surface area contributed by atoms with E-state index >= 15 is 0 Å². The van der Waals surface area contributed by atoms with E-state index in [1.54, 1.807) is 30.3 Å². The van der Waals surface area contributed by atoms with E-state index in [0.29, 0.717) is 24.6 Å². The highest BCUT2D eigenvalue weighted by Crippen LogP contribution is 2.45. The number of hydrogen-bond acceptors (Lipinski definition) is 3. The molecule has 5 nitrogen and oxygen atoms in total. The van der Waals surface area contributed by atoms with Crippen molar-refractivity contribution in [2.45, 2.75) is 83.4 Å². The van der Waals surface area contributed by atoms with E-state index in [1.807, 2.05) is 23.9 Å². The van der Waals surface area contributed by atoms with Crippen molar-refractivity contribution in [3.63, 3.8) is 0 Å². The summed E-state index contributed by atoms with van der Waals surface area (Å²) in [6.07, 6.45) is 5.90. The summed E-state index contributed by atoms with van der Waals surface area (Å²) in [6.45, 7) is 6.80. The summed E-state index contributed by atoms with van der Waals surface area (Å²) >= 11 is 0. The van der Waals surface area contributed by atoms with Crippen LogP contribution >= 0.6 is 0 Å². The molecular weight excluding hydrogens is 414 g/mol. The first-order chi connectivity index (χ1) is 15.2. The molecule has 0 radical (unpaired) electrons. The second kappa shape index (κ2) is 10.1. The molecule has 0 unspecified atom stereocenters. The van der Waals surface area contributed by atoms with Gasteiger partial charge in [-0.05, 0) is 31.2 Å². The van der Waals surface area contributed by atoms with Gasteiger partial charge in [-0.3, -0.25) is 0 Å². The second-order valence-corrected chi connectivity index (χ2v) is 8.83. The van der Waals surface area contributed by atoms with Crippen LogP contribution in [-0.4, -0.2) is 28.2 Å². The third-order valence-electron chi connectivity index (χ3n) is 6.85. The van der Waals surface area contributed by atoms with Gasteiger partial charge in [0.05, 0.1) is 0 Å². The second-order valence-electron chi connectivity index (χ2n) is 8.83. The number of ether oxygens (including phenoxy) is 1. The smallest absolute Gasteiger partial charge is 0.343 e. The first kappa shape index (κ1) is 24.4. The summed E-state index contributed by atoms with van der Waals surface area (Å²) in [5, 5.41) is 11.5. The molecule has 1 aromatic carbocycles. The lowest BCUT2D eigenvalue weighted by Gasteiger charge is -2.39. The van der Waals surface area contributed by atoms with Crippen LogP contribution < -0.4 is 4.57 Å². The SMILES string of the molecule is CCC(CC)n1cc[n+](CCOC(=O)[C@](O)(c2ccccc2)[C@H]2CCCC(F)(F)C2)c1C. The zero-order chi connectivity index (χ0) is 23.4. The molecule has 176 valence electrons. The molecule has 2 atom stereocenters. The van der Waals surface area contributed by atoms with E-state index in [0.717, 1.165) is 18.7 Å². The molecule has 1 N–H and O–H groups in total. The highest BCUT2D eigenvalue weighted by molar-refractivity contribution is 5.81. The Morgan fingerprint density at radius 1 is 1.31 bits per heavy atom. The number of imidazole rings is 1. The maximum Gasteiger partial charge on any atom is 0.343 e. The standard InChI is InChI=1S/C25H35F2N2O3/c1-4-22(5-2)29-15-14-28(19(29)3)16-17-32-23(30)25(31,20-10-7-6-8-11-20)21-12-9-13-24(26,27)18-21/h6-8,10-11,14-15,21-22,31H,4-5,9,12-13,16-18H2,1-3H3/q+1/t21-,25-/m0/s1. The minimum atomic E-state index is -2.89. The maximum atomic E-state index is 14.1. The average Bonchev–Trinajstić information content (AvgIpc) is 3.14. The Kier molecular flexibility index (Phi) is 7.70. The molecule has 7 heteroatoms. The summed E-state index contributed by atoms with van der Waals surface area (Å²) in [7, 11) is 0. The minimum absolute atomic E-state index is 0.0511. The fourth-order valence-electron chi connectivity index (χ4n) is 4.91. The average molecular weight is 450 g/mol. The first-order valence-corrected chi connectivity index (χ1v) is 11.6. The Labute approximate surface area is 189 Å². The number of benzene rings is 1. The van der Waals surface area contributed by atoms with Crippen LogP contribution in [0.25, 0.3) is 0 Å². The first-order valence-electron chi connectivity index (χ1n) is 11.6. The van der Waals surface area contributed by atoms with Crippen LogP contribution in [0, 0.1) is 12.8 Å². The van der Waals surface area contributed by atoms with Gasteiger partial charge in [0.1, 0.15) is 31.6 Å². The van der Waals surface area contributed by atoms with Gasteiger partial charge in [-0.2, -0.15) is 0 Å². The lowest BCUT2D eigenvalue weighted by Crippen LogP contribution is -2.48. The van der Waals surface area contributed by atoms with Crippen molar-refractivity contribution in [3.8, 4) is 0 Å². The molecule has 1 aliphatic carbocycles. The third kappa shape index (κ3) is 5.03. The van der Waals surface area contributed by atoms with Crippen LogP contribution in [0.3, 0.4) is 0 Å². The number of hydrogen-bond donors (Lipinski definition) is 1. The van der Waals surface area contributed by atoms with Gasteiger partial charge in [0.25, 0.3) is 5.82 Å². The Morgan fingerprint density at radius 2 is 2.00 bits per heavy atom. The summed E-state index contributed by atoms with van der Waals surface area (Å²) in [4.78, 5) is 13.1. The monoisotopic (exact) mass is 449 g/mol. The van der Waals surface area contributed by atoms with Gasteiger partial charge in [0.2, 0.25) is 5.92 Å². The van der Waals surface area contributed by atoms with Crippen LogP contribution in [0.2, 0.25) is 0 Å². The zero-order valence-corrected chi connectivity index (χ0v) is 19.3. The molecule has 1 saturated carbocycles. The Balaban J connectivity index is 1.74. The molecule has 32 heavy (non-hydrogen) atoms. The van der Waals surface area contributed by atoms with Gasteiger partial charge in [0, 0.05) is 25.7 Å². The molecule has 0 bridgehead atoms. The predicted molar refractivity (Wildman–Crippen MR) is 117 cm³/mol. The van der Waals surface area contributed by atoms with Crippen molar-refractivity contribution >= 4 is 5.97 Å². The van der Waals surface area contributed by atoms with Crippen molar-refractivity contribution < 1.29 is 28.0 Å². The summed E-state index contributed by atoms with van der Waals surface area (Å²) in [6, 6.07) is 8.75. The molecule has 0 spiro atoms. The van der Waals surface area contributed by atoms with Crippen LogP contribution in [0.4, 0.5) is 8.78 Å². The minimum Gasteiger partial charge on any atom is -0.459 e. The number of carbonyl (C=O) groups excluding carboxylic acids is 1. The van der Waals surface area contributed by atoms with Crippen LogP contribution in [0.1, 0.15) is 69.8 Å². The molecule has 2 aromatic rings. The van der Waals surface area contributed by atoms with E-state index in [2.05, 4.69) is 18.4 Å². The fraction of sp³-hybridized carbons (Fsp3) is 0.600. The molecule has 3 rings (SSSR count). The fourth-order valence-corrected chi connectivity index (χ4v) is 4.91. The predicted octanol–water partition coefficient (Wildman–Crippen LogP) is 4.70. The van der Waals surface area contributed by atoms with Gasteiger partial charge < -0.3 is 9.84 Å².